The lowest BCUT2D eigenvalue weighted by atomic mass is 10.1. The van der Waals surface area contributed by atoms with Crippen LogP contribution in [0, 0.1) is 18.3 Å². The molecule has 0 radical (unpaired) electrons. The van der Waals surface area contributed by atoms with E-state index in [1.807, 2.05) is 61.5 Å². The molecule has 0 aliphatic carbocycles. The van der Waals surface area contributed by atoms with Crippen molar-refractivity contribution in [2.45, 2.75) is 6.92 Å². The van der Waals surface area contributed by atoms with E-state index in [9.17, 15) is 14.9 Å². The number of ether oxygens (including phenoxy) is 1. The maximum Gasteiger partial charge on any atom is 0.349 e. The number of nitriles is 1. The molecule has 0 atom stereocenters. The van der Waals surface area contributed by atoms with E-state index >= 15 is 0 Å². The van der Waals surface area contributed by atoms with Crippen LogP contribution in [-0.2, 0) is 14.3 Å². The number of carbonyl (C=O) groups is 2. The average molecular weight is 370 g/mol. The van der Waals surface area contributed by atoms with Gasteiger partial charge in [-0.05, 0) is 41.5 Å². The molecule has 3 aromatic carbocycles. The van der Waals surface area contributed by atoms with Gasteiger partial charge in [0, 0.05) is 5.69 Å². The Morgan fingerprint density at radius 2 is 1.75 bits per heavy atom. The highest BCUT2D eigenvalue weighted by Gasteiger charge is 2.13. The van der Waals surface area contributed by atoms with Crippen molar-refractivity contribution in [1.29, 1.82) is 5.26 Å². The van der Waals surface area contributed by atoms with Crippen LogP contribution in [0.3, 0.4) is 0 Å². The fraction of sp³-hybridized carbons (Fsp3) is 0.0870. The van der Waals surface area contributed by atoms with Crippen molar-refractivity contribution in [2.75, 3.05) is 11.9 Å². The quantitative estimate of drug-likeness (QED) is 0.414. The number of anilines is 1. The third kappa shape index (κ3) is 4.83. The van der Waals surface area contributed by atoms with Gasteiger partial charge in [-0.3, -0.25) is 4.79 Å². The lowest BCUT2D eigenvalue weighted by Gasteiger charge is -2.07. The molecule has 0 aliphatic rings. The minimum atomic E-state index is -0.836. The van der Waals surface area contributed by atoms with Gasteiger partial charge in [0.1, 0.15) is 11.6 Å². The van der Waals surface area contributed by atoms with E-state index in [4.69, 9.17) is 4.74 Å². The molecule has 0 saturated heterocycles. The van der Waals surface area contributed by atoms with Crippen molar-refractivity contribution < 1.29 is 14.3 Å². The SMILES string of the molecule is Cc1ccc(/C=C(\C#N)C(=O)OCC(=O)Nc2ccc3ccccc3c2)cc1. The molecule has 138 valence electrons. The number of nitrogens with one attached hydrogen (secondary N) is 1. The Kier molecular flexibility index (Phi) is 5.83. The molecule has 0 heterocycles. The Labute approximate surface area is 162 Å². The first kappa shape index (κ1) is 18.9. The second-order valence-electron chi connectivity index (χ2n) is 6.27. The minimum Gasteiger partial charge on any atom is -0.451 e. The molecule has 0 spiro atoms. The van der Waals surface area contributed by atoms with Crippen molar-refractivity contribution in [1.82, 2.24) is 0 Å². The maximum absolute atomic E-state index is 12.1. The van der Waals surface area contributed by atoms with Gasteiger partial charge in [0.25, 0.3) is 5.91 Å². The summed E-state index contributed by atoms with van der Waals surface area (Å²) in [6, 6.07) is 22.5. The molecule has 28 heavy (non-hydrogen) atoms. The van der Waals surface area contributed by atoms with E-state index < -0.39 is 18.5 Å². The second-order valence-corrected chi connectivity index (χ2v) is 6.27. The van der Waals surface area contributed by atoms with Gasteiger partial charge in [-0.2, -0.15) is 5.26 Å². The van der Waals surface area contributed by atoms with Crippen LogP contribution >= 0.6 is 0 Å². The molecular formula is C23H18N2O3. The summed E-state index contributed by atoms with van der Waals surface area (Å²) in [6.45, 7) is 1.47. The molecular weight excluding hydrogens is 352 g/mol. The van der Waals surface area contributed by atoms with E-state index in [2.05, 4.69) is 5.32 Å². The summed E-state index contributed by atoms with van der Waals surface area (Å²) in [5.74, 6) is -1.31. The minimum absolute atomic E-state index is 0.164. The Balaban J connectivity index is 1.60. The van der Waals surface area contributed by atoms with Gasteiger partial charge in [-0.25, -0.2) is 4.79 Å². The summed E-state index contributed by atoms with van der Waals surface area (Å²) in [5.41, 5.74) is 2.22. The Morgan fingerprint density at radius 1 is 1.04 bits per heavy atom. The number of rotatable bonds is 5. The highest BCUT2D eigenvalue weighted by Crippen LogP contribution is 2.18. The summed E-state index contributed by atoms with van der Waals surface area (Å²) in [6.07, 6.45) is 1.43. The van der Waals surface area contributed by atoms with Crippen molar-refractivity contribution in [2.24, 2.45) is 0 Å². The summed E-state index contributed by atoms with van der Waals surface area (Å²) in [7, 11) is 0. The first-order valence-electron chi connectivity index (χ1n) is 8.69. The van der Waals surface area contributed by atoms with Gasteiger partial charge < -0.3 is 10.1 Å². The molecule has 5 nitrogen and oxygen atoms in total. The predicted octanol–water partition coefficient (Wildman–Crippen LogP) is 4.24. The largest absolute Gasteiger partial charge is 0.451 e. The Bertz CT molecular complexity index is 1090. The van der Waals surface area contributed by atoms with E-state index in [0.29, 0.717) is 11.3 Å². The molecule has 0 bridgehead atoms. The van der Waals surface area contributed by atoms with Crippen LogP contribution in [0.1, 0.15) is 11.1 Å². The van der Waals surface area contributed by atoms with Crippen LogP contribution in [0.15, 0.2) is 72.3 Å². The first-order valence-corrected chi connectivity index (χ1v) is 8.69. The molecule has 0 saturated carbocycles. The van der Waals surface area contributed by atoms with E-state index in [1.54, 1.807) is 18.2 Å². The van der Waals surface area contributed by atoms with Crippen molar-refractivity contribution in [3.8, 4) is 6.07 Å². The fourth-order valence-corrected chi connectivity index (χ4v) is 2.64. The van der Waals surface area contributed by atoms with Gasteiger partial charge >= 0.3 is 5.97 Å². The van der Waals surface area contributed by atoms with Gasteiger partial charge in [-0.1, -0.05) is 60.2 Å². The first-order chi connectivity index (χ1) is 13.5. The molecule has 3 rings (SSSR count). The van der Waals surface area contributed by atoms with Crippen LogP contribution in [0.2, 0.25) is 0 Å². The van der Waals surface area contributed by atoms with E-state index in [0.717, 1.165) is 16.3 Å². The average Bonchev–Trinajstić information content (AvgIpc) is 2.71. The topological polar surface area (TPSA) is 79.2 Å². The molecule has 0 unspecified atom stereocenters. The van der Waals surface area contributed by atoms with Crippen molar-refractivity contribution in [3.63, 3.8) is 0 Å². The lowest BCUT2D eigenvalue weighted by molar-refractivity contribution is -0.142. The highest BCUT2D eigenvalue weighted by atomic mass is 16.5. The zero-order valence-corrected chi connectivity index (χ0v) is 15.3. The van der Waals surface area contributed by atoms with Gasteiger partial charge in [0.05, 0.1) is 0 Å². The predicted molar refractivity (Wildman–Crippen MR) is 108 cm³/mol. The molecule has 0 aliphatic heterocycles. The standard InChI is InChI=1S/C23H18N2O3/c1-16-6-8-17(9-7-16)12-20(14-24)23(27)28-15-22(26)25-21-11-10-18-4-2-3-5-19(18)13-21/h2-13H,15H2,1H3,(H,25,26)/b20-12+. The van der Waals surface area contributed by atoms with Crippen LogP contribution in [0.4, 0.5) is 5.69 Å². The number of amides is 1. The van der Waals surface area contributed by atoms with Crippen LogP contribution in [0.25, 0.3) is 16.8 Å². The molecule has 5 heteroatoms. The van der Waals surface area contributed by atoms with E-state index in [-0.39, 0.29) is 5.57 Å². The number of carbonyl (C=O) groups excluding carboxylic acids is 2. The smallest absolute Gasteiger partial charge is 0.349 e. The van der Waals surface area contributed by atoms with Crippen molar-refractivity contribution in [3.05, 3.63) is 83.4 Å². The number of aryl methyl sites for hydroxylation is 1. The zero-order chi connectivity index (χ0) is 19.9. The molecule has 3 aromatic rings. The zero-order valence-electron chi connectivity index (χ0n) is 15.3. The fourth-order valence-electron chi connectivity index (χ4n) is 2.64. The highest BCUT2D eigenvalue weighted by molar-refractivity contribution is 6.00. The monoisotopic (exact) mass is 370 g/mol. The Hall–Kier alpha value is -3.91. The van der Waals surface area contributed by atoms with Crippen LogP contribution in [-0.4, -0.2) is 18.5 Å². The molecule has 1 N–H and O–H groups in total. The molecule has 0 aromatic heterocycles. The normalized spacial score (nSPS) is 10.9. The van der Waals surface area contributed by atoms with Crippen molar-refractivity contribution >= 4 is 34.4 Å². The number of fused-ring (bicyclic) bond motifs is 1. The maximum atomic E-state index is 12.1. The van der Waals surface area contributed by atoms with Gasteiger partial charge in [0.15, 0.2) is 6.61 Å². The van der Waals surface area contributed by atoms with Crippen LogP contribution < -0.4 is 5.32 Å². The third-order valence-corrected chi connectivity index (χ3v) is 4.10. The summed E-state index contributed by atoms with van der Waals surface area (Å²) in [4.78, 5) is 24.2. The number of esters is 1. The third-order valence-electron chi connectivity index (χ3n) is 4.10. The number of hydrogen-bond acceptors (Lipinski definition) is 4. The van der Waals surface area contributed by atoms with Gasteiger partial charge in [0.2, 0.25) is 0 Å². The summed E-state index contributed by atoms with van der Waals surface area (Å²) in [5, 5.41) is 13.9. The summed E-state index contributed by atoms with van der Waals surface area (Å²) < 4.78 is 4.97. The van der Waals surface area contributed by atoms with E-state index in [1.165, 1.54) is 6.08 Å². The number of benzene rings is 3. The number of nitrogens with zero attached hydrogens (tertiary/aromatic N) is 1. The lowest BCUT2D eigenvalue weighted by Crippen LogP contribution is -2.21. The second kappa shape index (κ2) is 8.65. The number of hydrogen-bond donors (Lipinski definition) is 1. The molecule has 1 amide bonds. The van der Waals surface area contributed by atoms with Gasteiger partial charge in [-0.15, -0.1) is 0 Å². The summed E-state index contributed by atoms with van der Waals surface area (Å²) >= 11 is 0. The van der Waals surface area contributed by atoms with Crippen LogP contribution in [0.5, 0.6) is 0 Å². The molecule has 0 fully saturated rings. The Morgan fingerprint density at radius 3 is 2.46 bits per heavy atom.